The number of piperidine rings is 1. The molecule has 68 valence electrons. The lowest BCUT2D eigenvalue weighted by Crippen LogP contribution is -2.35. The van der Waals surface area contributed by atoms with E-state index in [0.29, 0.717) is 0 Å². The maximum Gasteiger partial charge on any atom is -0.00204 e. The summed E-state index contributed by atoms with van der Waals surface area (Å²) in [6.45, 7) is 7.11. The highest BCUT2D eigenvalue weighted by atomic mass is 35.5. The van der Waals surface area contributed by atoms with Crippen LogP contribution >= 0.6 is 12.4 Å². The van der Waals surface area contributed by atoms with E-state index in [4.69, 9.17) is 0 Å². The molecule has 0 unspecified atom stereocenters. The molecule has 0 aromatic heterocycles. The Morgan fingerprint density at radius 1 is 1.09 bits per heavy atom. The van der Waals surface area contributed by atoms with Gasteiger partial charge in [0, 0.05) is 0 Å². The molecule has 2 heteroatoms. The molecule has 0 saturated carbocycles. The van der Waals surface area contributed by atoms with Crippen LogP contribution in [0, 0.1) is 11.8 Å². The zero-order valence-corrected chi connectivity index (χ0v) is 8.41. The van der Waals surface area contributed by atoms with Crippen molar-refractivity contribution < 1.29 is 0 Å². The van der Waals surface area contributed by atoms with Gasteiger partial charge in [0.2, 0.25) is 0 Å². The van der Waals surface area contributed by atoms with Crippen molar-refractivity contribution in [3.8, 4) is 0 Å². The summed E-state index contributed by atoms with van der Waals surface area (Å²) in [6, 6.07) is 0. The Bertz CT molecular complexity index is 85.6. The van der Waals surface area contributed by atoms with E-state index >= 15 is 0 Å². The van der Waals surface area contributed by atoms with E-state index in [1.165, 1.54) is 32.4 Å². The minimum absolute atomic E-state index is 0. The number of nitrogens with one attached hydrogen (secondary N) is 1. The van der Waals surface area contributed by atoms with Crippen molar-refractivity contribution in [3.05, 3.63) is 0 Å². The first-order valence-electron chi connectivity index (χ1n) is 4.57. The van der Waals surface area contributed by atoms with Gasteiger partial charge in [0.15, 0.2) is 0 Å². The molecule has 1 aliphatic rings. The number of hydrogen-bond acceptors (Lipinski definition) is 1. The monoisotopic (exact) mass is 177 g/mol. The Hall–Kier alpha value is 0.250. The molecule has 1 rings (SSSR count). The Morgan fingerprint density at radius 2 is 1.55 bits per heavy atom. The molecule has 11 heavy (non-hydrogen) atoms. The minimum atomic E-state index is 0. The maximum atomic E-state index is 3.49. The number of rotatable bonds is 2. The second kappa shape index (κ2) is 5.84. The van der Waals surface area contributed by atoms with Gasteiger partial charge in [0.25, 0.3) is 0 Å². The van der Waals surface area contributed by atoms with E-state index in [2.05, 4.69) is 19.2 Å². The Morgan fingerprint density at radius 3 is 1.91 bits per heavy atom. The summed E-state index contributed by atoms with van der Waals surface area (Å²) in [6.07, 6.45) is 4.16. The van der Waals surface area contributed by atoms with Crippen LogP contribution in [0.3, 0.4) is 0 Å². The van der Waals surface area contributed by atoms with Crippen molar-refractivity contribution in [2.24, 2.45) is 11.8 Å². The van der Waals surface area contributed by atoms with Crippen molar-refractivity contribution in [3.63, 3.8) is 0 Å². The Balaban J connectivity index is 0.000001000. The Labute approximate surface area is 76.4 Å². The third-order valence-corrected chi connectivity index (χ3v) is 2.69. The van der Waals surface area contributed by atoms with Gasteiger partial charge in [-0.3, -0.25) is 0 Å². The highest BCUT2D eigenvalue weighted by molar-refractivity contribution is 5.85. The average molecular weight is 178 g/mol. The highest BCUT2D eigenvalue weighted by Gasteiger charge is 2.17. The van der Waals surface area contributed by atoms with Crippen LogP contribution < -0.4 is 5.32 Å². The first-order valence-corrected chi connectivity index (χ1v) is 4.57. The number of halogens is 1. The van der Waals surface area contributed by atoms with Crippen LogP contribution in [0.25, 0.3) is 0 Å². The van der Waals surface area contributed by atoms with Crippen LogP contribution in [0.15, 0.2) is 0 Å². The molecule has 2 atom stereocenters. The van der Waals surface area contributed by atoms with E-state index in [0.717, 1.165) is 11.8 Å². The predicted molar refractivity (Wildman–Crippen MR) is 52.3 cm³/mol. The molecule has 0 aromatic carbocycles. The summed E-state index contributed by atoms with van der Waals surface area (Å²) in [4.78, 5) is 0. The molecule has 0 aromatic rings. The van der Waals surface area contributed by atoms with Gasteiger partial charge in [-0.25, -0.2) is 0 Å². The standard InChI is InChI=1S/C9H19N.ClH/c1-3-8-5-9(4-2)7-10-6-8;/h8-10H,3-7H2,1-2H3;1H/t8-,9+;. The van der Waals surface area contributed by atoms with Crippen LogP contribution in [-0.4, -0.2) is 13.1 Å². The second-order valence-corrected chi connectivity index (χ2v) is 3.44. The number of hydrogen-bond donors (Lipinski definition) is 1. The van der Waals surface area contributed by atoms with Gasteiger partial charge in [-0.05, 0) is 31.3 Å². The molecular weight excluding hydrogens is 158 g/mol. The van der Waals surface area contributed by atoms with E-state index in [1.807, 2.05) is 0 Å². The maximum absolute atomic E-state index is 3.49. The molecule has 1 heterocycles. The molecule has 1 fully saturated rings. The summed E-state index contributed by atoms with van der Waals surface area (Å²) in [5.41, 5.74) is 0. The zero-order valence-electron chi connectivity index (χ0n) is 7.60. The quantitative estimate of drug-likeness (QED) is 0.684. The normalized spacial score (nSPS) is 31.1. The average Bonchev–Trinajstić information content (AvgIpc) is 2.05. The zero-order chi connectivity index (χ0) is 7.40. The molecule has 0 bridgehead atoms. The largest absolute Gasteiger partial charge is 0.316 e. The van der Waals surface area contributed by atoms with Gasteiger partial charge in [-0.1, -0.05) is 26.7 Å². The molecule has 0 radical (unpaired) electrons. The molecule has 0 amide bonds. The van der Waals surface area contributed by atoms with Gasteiger partial charge in [-0.15, -0.1) is 12.4 Å². The lowest BCUT2D eigenvalue weighted by Gasteiger charge is -2.28. The van der Waals surface area contributed by atoms with Crippen molar-refractivity contribution in [1.29, 1.82) is 0 Å². The Kier molecular flexibility index (Phi) is 5.98. The van der Waals surface area contributed by atoms with Crippen molar-refractivity contribution in [2.45, 2.75) is 33.1 Å². The molecule has 0 aliphatic carbocycles. The van der Waals surface area contributed by atoms with E-state index in [-0.39, 0.29) is 12.4 Å². The molecule has 1 nitrogen and oxygen atoms in total. The highest BCUT2D eigenvalue weighted by Crippen LogP contribution is 2.20. The molecular formula is C9H20ClN. The topological polar surface area (TPSA) is 12.0 Å². The summed E-state index contributed by atoms with van der Waals surface area (Å²) in [7, 11) is 0. The van der Waals surface area contributed by atoms with Gasteiger partial charge in [0.05, 0.1) is 0 Å². The molecule has 1 N–H and O–H groups in total. The summed E-state index contributed by atoms with van der Waals surface area (Å²) < 4.78 is 0. The van der Waals surface area contributed by atoms with E-state index in [9.17, 15) is 0 Å². The fraction of sp³-hybridized carbons (Fsp3) is 1.00. The molecule has 1 saturated heterocycles. The van der Waals surface area contributed by atoms with Crippen LogP contribution in [0.2, 0.25) is 0 Å². The summed E-state index contributed by atoms with van der Waals surface area (Å²) in [5, 5.41) is 3.49. The van der Waals surface area contributed by atoms with Crippen molar-refractivity contribution in [2.75, 3.05) is 13.1 Å². The van der Waals surface area contributed by atoms with Crippen LogP contribution in [0.5, 0.6) is 0 Å². The van der Waals surface area contributed by atoms with Crippen molar-refractivity contribution >= 4 is 12.4 Å². The first-order chi connectivity index (χ1) is 4.86. The van der Waals surface area contributed by atoms with Crippen LogP contribution in [-0.2, 0) is 0 Å². The minimum Gasteiger partial charge on any atom is -0.316 e. The van der Waals surface area contributed by atoms with Gasteiger partial charge < -0.3 is 5.32 Å². The van der Waals surface area contributed by atoms with E-state index < -0.39 is 0 Å². The van der Waals surface area contributed by atoms with Crippen molar-refractivity contribution in [1.82, 2.24) is 5.32 Å². The summed E-state index contributed by atoms with van der Waals surface area (Å²) >= 11 is 0. The third kappa shape index (κ3) is 3.44. The summed E-state index contributed by atoms with van der Waals surface area (Å²) in [5.74, 6) is 1.91. The SMILES string of the molecule is CC[C@@H]1CNC[C@H](CC)C1.Cl. The van der Waals surface area contributed by atoms with Gasteiger partial charge >= 0.3 is 0 Å². The smallest absolute Gasteiger partial charge is 0.00204 e. The van der Waals surface area contributed by atoms with Gasteiger partial charge in [-0.2, -0.15) is 0 Å². The molecule has 0 spiro atoms. The van der Waals surface area contributed by atoms with Crippen LogP contribution in [0.4, 0.5) is 0 Å². The fourth-order valence-electron chi connectivity index (χ4n) is 1.75. The second-order valence-electron chi connectivity index (χ2n) is 3.44. The fourth-order valence-corrected chi connectivity index (χ4v) is 1.75. The van der Waals surface area contributed by atoms with Crippen LogP contribution in [0.1, 0.15) is 33.1 Å². The molecule has 1 aliphatic heterocycles. The van der Waals surface area contributed by atoms with E-state index in [1.54, 1.807) is 0 Å². The lowest BCUT2D eigenvalue weighted by molar-refractivity contribution is 0.275. The third-order valence-electron chi connectivity index (χ3n) is 2.69. The first kappa shape index (κ1) is 11.2. The predicted octanol–water partition coefficient (Wildman–Crippen LogP) is 2.45. The lowest BCUT2D eigenvalue weighted by atomic mass is 9.87. The van der Waals surface area contributed by atoms with Gasteiger partial charge in [0.1, 0.15) is 0 Å².